The summed E-state index contributed by atoms with van der Waals surface area (Å²) in [7, 11) is 2.02. The van der Waals surface area contributed by atoms with Gasteiger partial charge in [0.1, 0.15) is 11.5 Å². The Morgan fingerprint density at radius 2 is 2.14 bits per heavy atom. The molecular formula is C12H19NO. The summed E-state index contributed by atoms with van der Waals surface area (Å²) in [6.45, 7) is 6.44. The van der Waals surface area contributed by atoms with Crippen molar-refractivity contribution in [2.45, 2.75) is 33.2 Å². The van der Waals surface area contributed by atoms with Crippen molar-refractivity contribution in [3.8, 4) is 0 Å². The lowest BCUT2D eigenvalue weighted by atomic mass is 10.1. The van der Waals surface area contributed by atoms with Crippen LogP contribution in [-0.4, -0.2) is 7.05 Å². The maximum atomic E-state index is 5.75. The zero-order valence-corrected chi connectivity index (χ0v) is 9.42. The highest BCUT2D eigenvalue weighted by molar-refractivity contribution is 5.22. The van der Waals surface area contributed by atoms with Gasteiger partial charge in [-0.05, 0) is 50.8 Å². The SMILES string of the molecule is CNC(c1cc(C)c(C)o1)C1CC1C. The predicted octanol–water partition coefficient (Wildman–Crippen LogP) is 2.81. The molecule has 2 rings (SSSR count). The van der Waals surface area contributed by atoms with Crippen molar-refractivity contribution in [1.29, 1.82) is 0 Å². The molecule has 1 aromatic rings. The number of hydrogen-bond donors (Lipinski definition) is 1. The summed E-state index contributed by atoms with van der Waals surface area (Å²) in [5.41, 5.74) is 1.26. The molecule has 3 atom stereocenters. The molecule has 0 radical (unpaired) electrons. The molecule has 78 valence electrons. The van der Waals surface area contributed by atoms with Gasteiger partial charge < -0.3 is 9.73 Å². The Labute approximate surface area is 85.7 Å². The zero-order valence-electron chi connectivity index (χ0n) is 9.42. The first-order valence-electron chi connectivity index (χ1n) is 5.37. The van der Waals surface area contributed by atoms with E-state index in [9.17, 15) is 0 Å². The van der Waals surface area contributed by atoms with Crippen molar-refractivity contribution >= 4 is 0 Å². The lowest BCUT2D eigenvalue weighted by Gasteiger charge is -2.12. The average Bonchev–Trinajstić information content (AvgIpc) is 2.74. The first kappa shape index (κ1) is 9.78. The van der Waals surface area contributed by atoms with Crippen LogP contribution in [0.2, 0.25) is 0 Å². The molecule has 0 saturated heterocycles. The highest BCUT2D eigenvalue weighted by Gasteiger charge is 2.40. The summed E-state index contributed by atoms with van der Waals surface area (Å²) in [5, 5.41) is 3.36. The van der Waals surface area contributed by atoms with E-state index in [2.05, 4.69) is 25.2 Å². The van der Waals surface area contributed by atoms with E-state index in [4.69, 9.17) is 4.42 Å². The molecule has 1 fully saturated rings. The fraction of sp³-hybridized carbons (Fsp3) is 0.667. The topological polar surface area (TPSA) is 25.2 Å². The zero-order chi connectivity index (χ0) is 10.3. The molecule has 0 aromatic carbocycles. The van der Waals surface area contributed by atoms with Gasteiger partial charge in [-0.3, -0.25) is 0 Å². The van der Waals surface area contributed by atoms with Crippen LogP contribution in [0.4, 0.5) is 0 Å². The van der Waals surface area contributed by atoms with Crippen molar-refractivity contribution in [2.75, 3.05) is 7.05 Å². The Kier molecular flexibility index (Phi) is 2.40. The molecule has 1 N–H and O–H groups in total. The Hall–Kier alpha value is -0.760. The summed E-state index contributed by atoms with van der Waals surface area (Å²) in [4.78, 5) is 0. The van der Waals surface area contributed by atoms with Crippen LogP contribution in [0.5, 0.6) is 0 Å². The Morgan fingerprint density at radius 1 is 1.50 bits per heavy atom. The normalized spacial score (nSPS) is 27.7. The molecular weight excluding hydrogens is 174 g/mol. The van der Waals surface area contributed by atoms with Crippen molar-refractivity contribution < 1.29 is 4.42 Å². The minimum absolute atomic E-state index is 0.414. The molecule has 1 heterocycles. The summed E-state index contributed by atoms with van der Waals surface area (Å²) in [6.07, 6.45) is 1.32. The van der Waals surface area contributed by atoms with Crippen LogP contribution in [-0.2, 0) is 0 Å². The third-order valence-electron chi connectivity index (χ3n) is 3.40. The van der Waals surface area contributed by atoms with Crippen LogP contribution < -0.4 is 5.32 Å². The summed E-state index contributed by atoms with van der Waals surface area (Å²) >= 11 is 0. The maximum Gasteiger partial charge on any atom is 0.121 e. The largest absolute Gasteiger partial charge is 0.464 e. The third-order valence-corrected chi connectivity index (χ3v) is 3.40. The van der Waals surface area contributed by atoms with Crippen molar-refractivity contribution in [1.82, 2.24) is 5.32 Å². The van der Waals surface area contributed by atoms with Gasteiger partial charge in [-0.2, -0.15) is 0 Å². The van der Waals surface area contributed by atoms with Gasteiger partial charge in [-0.15, -0.1) is 0 Å². The lowest BCUT2D eigenvalue weighted by molar-refractivity contribution is 0.381. The van der Waals surface area contributed by atoms with Crippen LogP contribution >= 0.6 is 0 Å². The van der Waals surface area contributed by atoms with E-state index in [1.807, 2.05) is 14.0 Å². The van der Waals surface area contributed by atoms with E-state index < -0.39 is 0 Å². The minimum atomic E-state index is 0.414. The highest BCUT2D eigenvalue weighted by Crippen LogP contribution is 2.47. The van der Waals surface area contributed by atoms with Crippen molar-refractivity contribution in [3.63, 3.8) is 0 Å². The molecule has 0 bridgehead atoms. The highest BCUT2D eigenvalue weighted by atomic mass is 16.3. The van der Waals surface area contributed by atoms with Gasteiger partial charge in [0.2, 0.25) is 0 Å². The summed E-state index contributed by atoms with van der Waals surface area (Å²) in [5.74, 6) is 3.77. The maximum absolute atomic E-state index is 5.75. The number of furan rings is 1. The van der Waals surface area contributed by atoms with Gasteiger partial charge in [0.05, 0.1) is 6.04 Å². The van der Waals surface area contributed by atoms with Gasteiger partial charge in [0.25, 0.3) is 0 Å². The Morgan fingerprint density at radius 3 is 2.50 bits per heavy atom. The molecule has 0 amide bonds. The second-order valence-corrected chi connectivity index (χ2v) is 4.53. The fourth-order valence-electron chi connectivity index (χ4n) is 2.14. The van der Waals surface area contributed by atoms with Crippen LogP contribution in [0.3, 0.4) is 0 Å². The average molecular weight is 193 g/mol. The molecule has 1 aromatic heterocycles. The van der Waals surface area contributed by atoms with Crippen molar-refractivity contribution in [2.24, 2.45) is 11.8 Å². The molecule has 0 spiro atoms. The monoisotopic (exact) mass is 193 g/mol. The van der Waals surface area contributed by atoms with E-state index in [0.717, 1.165) is 23.4 Å². The number of rotatable bonds is 3. The van der Waals surface area contributed by atoms with Gasteiger partial charge in [0, 0.05) is 0 Å². The predicted molar refractivity (Wildman–Crippen MR) is 57.3 cm³/mol. The third kappa shape index (κ3) is 1.59. The smallest absolute Gasteiger partial charge is 0.121 e. The molecule has 2 nitrogen and oxygen atoms in total. The first-order chi connectivity index (χ1) is 6.63. The molecule has 1 saturated carbocycles. The number of aryl methyl sites for hydroxylation is 2. The van der Waals surface area contributed by atoms with E-state index in [1.54, 1.807) is 0 Å². The molecule has 3 unspecified atom stereocenters. The number of hydrogen-bond acceptors (Lipinski definition) is 2. The molecule has 1 aliphatic rings. The van der Waals surface area contributed by atoms with Crippen LogP contribution in [0.25, 0.3) is 0 Å². The fourth-order valence-corrected chi connectivity index (χ4v) is 2.14. The summed E-state index contributed by atoms with van der Waals surface area (Å²) in [6, 6.07) is 2.58. The first-order valence-corrected chi connectivity index (χ1v) is 5.37. The number of nitrogens with one attached hydrogen (secondary N) is 1. The second-order valence-electron chi connectivity index (χ2n) is 4.53. The standard InChI is InChI=1S/C12H19NO/c1-7-6-11(14-9(7)3)12(13-4)10-5-8(10)2/h6,8,10,12-13H,5H2,1-4H3. The van der Waals surface area contributed by atoms with E-state index in [-0.39, 0.29) is 0 Å². The lowest BCUT2D eigenvalue weighted by Crippen LogP contribution is -2.18. The van der Waals surface area contributed by atoms with Crippen molar-refractivity contribution in [3.05, 3.63) is 23.2 Å². The van der Waals surface area contributed by atoms with Gasteiger partial charge >= 0.3 is 0 Å². The van der Waals surface area contributed by atoms with Gasteiger partial charge in [-0.1, -0.05) is 6.92 Å². The quantitative estimate of drug-likeness (QED) is 0.798. The Balaban J connectivity index is 2.19. The van der Waals surface area contributed by atoms with E-state index >= 15 is 0 Å². The van der Waals surface area contributed by atoms with Crippen LogP contribution in [0, 0.1) is 25.7 Å². The molecule has 14 heavy (non-hydrogen) atoms. The molecule has 0 aliphatic heterocycles. The van der Waals surface area contributed by atoms with Gasteiger partial charge in [-0.25, -0.2) is 0 Å². The van der Waals surface area contributed by atoms with Gasteiger partial charge in [0.15, 0.2) is 0 Å². The molecule has 1 aliphatic carbocycles. The van der Waals surface area contributed by atoms with Crippen LogP contribution in [0.15, 0.2) is 10.5 Å². The second kappa shape index (κ2) is 3.43. The molecule has 2 heteroatoms. The Bertz CT molecular complexity index is 310. The summed E-state index contributed by atoms with van der Waals surface area (Å²) < 4.78 is 5.75. The van der Waals surface area contributed by atoms with E-state index in [0.29, 0.717) is 6.04 Å². The van der Waals surface area contributed by atoms with E-state index in [1.165, 1.54) is 12.0 Å². The van der Waals surface area contributed by atoms with Crippen LogP contribution in [0.1, 0.15) is 36.5 Å². The minimum Gasteiger partial charge on any atom is -0.464 e.